The SMILES string of the molecule is CSCC[C@H](N)C(=O)NCC(=O)N[C@@H](CCCCN)C(=O)N[C@@H](CC(N)=O)C(=O)N1CCC[C@H]1C(=O)N[C@@H](CC(C)C)C(=O)NCC(=O)N[C@H](C(=O)N[C@@H](CCCN=C(N)N)C(=O)N[C@@H](CCCCN)C(=O)N[C@H](C(=O)N[C@@H](CCC(=O)O)C(=O)N[C@H](C(=O)N[C@@H](CO)C(=O)N[C@@H](CCC(N)=O)C(=O)N[C@H](C(=O)N[C@@H](C)C(=O)N1CCC[C@H]1C(=O)N[C@@H](C)C(=O)O)C(C)C)[C@@H](C)O)[C@@H](C)O)C(C)C. The summed E-state index contributed by atoms with van der Waals surface area (Å²) >= 11 is 1.47. The van der Waals surface area contributed by atoms with Crippen LogP contribution in [0.2, 0.25) is 0 Å². The van der Waals surface area contributed by atoms with Crippen molar-refractivity contribution in [2.75, 3.05) is 64.4 Å². The number of thioether (sulfide) groups is 1. The molecule has 780 valence electrons. The van der Waals surface area contributed by atoms with Crippen LogP contribution >= 0.6 is 11.8 Å². The topological polar surface area (TPSA) is 870 Å². The van der Waals surface area contributed by atoms with Crippen LogP contribution in [0.15, 0.2) is 4.99 Å². The number of primary amides is 2. The molecule has 20 amide bonds. The van der Waals surface area contributed by atoms with Crippen molar-refractivity contribution in [1.82, 2.24) is 94.9 Å². The highest BCUT2D eigenvalue weighted by atomic mass is 32.2. The fourth-order valence-electron chi connectivity index (χ4n) is 14.4. The smallest absolute Gasteiger partial charge is 0.325 e. The lowest BCUT2D eigenvalue weighted by molar-refractivity contribution is -0.144. The summed E-state index contributed by atoms with van der Waals surface area (Å²) in [5.74, 6) is -24.6. The van der Waals surface area contributed by atoms with Gasteiger partial charge in [0.15, 0.2) is 5.96 Å². The number of aliphatic hydroxyl groups excluding tert-OH is 3. The van der Waals surface area contributed by atoms with Crippen LogP contribution in [-0.4, -0.2) is 351 Å². The van der Waals surface area contributed by atoms with Gasteiger partial charge in [-0.1, -0.05) is 41.5 Å². The Hall–Kier alpha value is -12.3. The number of nitrogens with two attached hydrogens (primary N) is 7. The molecule has 53 nitrogen and oxygen atoms in total. The van der Waals surface area contributed by atoms with E-state index in [0.717, 1.165) is 18.7 Å². The summed E-state index contributed by atoms with van der Waals surface area (Å²) in [5, 5.41) is 89.9. The normalized spacial score (nSPS) is 17.1. The molecule has 54 heteroatoms. The van der Waals surface area contributed by atoms with E-state index in [-0.39, 0.29) is 109 Å². The third-order valence-corrected chi connectivity index (χ3v) is 22.8. The number of hydrogen-bond acceptors (Lipinski definition) is 30. The lowest BCUT2D eigenvalue weighted by Crippen LogP contribution is -2.63. The van der Waals surface area contributed by atoms with E-state index in [4.69, 9.17) is 40.1 Å². The Morgan fingerprint density at radius 2 is 0.804 bits per heavy atom. The highest BCUT2D eigenvalue weighted by molar-refractivity contribution is 7.98. The molecular formula is C84H146N26O27S. The third kappa shape index (κ3) is 43.6. The van der Waals surface area contributed by atoms with E-state index < -0.39 is 309 Å². The van der Waals surface area contributed by atoms with Gasteiger partial charge >= 0.3 is 11.9 Å². The molecule has 2 fully saturated rings. The number of rotatable bonds is 65. The van der Waals surface area contributed by atoms with Gasteiger partial charge in [-0.3, -0.25) is 110 Å². The van der Waals surface area contributed by atoms with Crippen LogP contribution in [0, 0.1) is 17.8 Å². The molecule has 0 saturated carbocycles. The fourth-order valence-corrected chi connectivity index (χ4v) is 14.9. The van der Waals surface area contributed by atoms with Crippen molar-refractivity contribution in [3.05, 3.63) is 0 Å². The van der Waals surface area contributed by atoms with Crippen LogP contribution in [0.4, 0.5) is 0 Å². The van der Waals surface area contributed by atoms with Gasteiger partial charge in [-0.15, -0.1) is 0 Å². The molecule has 0 aromatic carbocycles. The van der Waals surface area contributed by atoms with Gasteiger partial charge in [-0.2, -0.15) is 11.8 Å². The lowest BCUT2D eigenvalue weighted by Gasteiger charge is -2.30. The maximum atomic E-state index is 14.6. The molecule has 2 heterocycles. The van der Waals surface area contributed by atoms with Gasteiger partial charge in [0.2, 0.25) is 118 Å². The third-order valence-electron chi connectivity index (χ3n) is 22.1. The Bertz CT molecular complexity index is 4200. The van der Waals surface area contributed by atoms with E-state index in [1.54, 1.807) is 13.8 Å². The molecule has 0 aliphatic carbocycles. The van der Waals surface area contributed by atoms with Crippen LogP contribution in [0.3, 0.4) is 0 Å². The van der Waals surface area contributed by atoms with Gasteiger partial charge in [0.1, 0.15) is 96.7 Å². The number of carboxylic acid groups (broad SMARTS) is 2. The monoisotopic (exact) mass is 1980 g/mol. The molecule has 0 radical (unpaired) electrons. The van der Waals surface area contributed by atoms with E-state index in [1.807, 2.05) is 6.26 Å². The second-order valence-electron chi connectivity index (χ2n) is 35.0. The summed E-state index contributed by atoms with van der Waals surface area (Å²) in [6, 6.07) is -26.5. The van der Waals surface area contributed by atoms with Crippen molar-refractivity contribution in [2.45, 2.75) is 306 Å². The van der Waals surface area contributed by atoms with E-state index in [1.165, 1.54) is 58.2 Å². The predicted octanol–water partition coefficient (Wildman–Crippen LogP) is -11.4. The van der Waals surface area contributed by atoms with Crippen molar-refractivity contribution in [3.63, 3.8) is 0 Å². The molecule has 19 atom stereocenters. The first kappa shape index (κ1) is 122. The number of aliphatic hydroxyl groups is 3. The Kier molecular flexibility index (Phi) is 55.2. The van der Waals surface area contributed by atoms with Gasteiger partial charge in [0.25, 0.3) is 0 Å². The second kappa shape index (κ2) is 62.5. The number of nitrogens with zero attached hydrogens (tertiary/aromatic N) is 3. The van der Waals surface area contributed by atoms with Gasteiger partial charge in [-0.25, -0.2) is 0 Å². The summed E-state index contributed by atoms with van der Waals surface area (Å²) in [6.07, 6.45) is -3.85. The minimum absolute atomic E-state index is 0.0139. The van der Waals surface area contributed by atoms with Gasteiger partial charge in [0, 0.05) is 32.5 Å². The van der Waals surface area contributed by atoms with Crippen molar-refractivity contribution >= 4 is 148 Å². The molecule has 0 spiro atoms. The maximum absolute atomic E-state index is 14.6. The summed E-state index contributed by atoms with van der Waals surface area (Å²) < 4.78 is 0. The number of carbonyl (C=O) groups is 22. The van der Waals surface area contributed by atoms with E-state index >= 15 is 0 Å². The van der Waals surface area contributed by atoms with Gasteiger partial charge < -0.3 is 161 Å². The number of aliphatic carboxylic acids is 2. The Morgan fingerprint density at radius 3 is 1.25 bits per heavy atom. The fraction of sp³-hybridized carbons (Fsp3) is 0.726. The molecule has 2 saturated heterocycles. The van der Waals surface area contributed by atoms with Crippen LogP contribution in [0.25, 0.3) is 0 Å². The van der Waals surface area contributed by atoms with E-state index in [2.05, 4.69) is 90.1 Å². The van der Waals surface area contributed by atoms with Crippen molar-refractivity contribution in [3.8, 4) is 0 Å². The maximum Gasteiger partial charge on any atom is 0.325 e. The summed E-state index contributed by atoms with van der Waals surface area (Å²) in [6.45, 7) is 11.6. The highest BCUT2D eigenvalue weighted by Crippen LogP contribution is 2.23. The number of likely N-dealkylation sites (tertiary alicyclic amines) is 2. The second-order valence-corrected chi connectivity index (χ2v) is 35.9. The molecule has 138 heavy (non-hydrogen) atoms. The number of carboxylic acids is 2. The molecule has 35 N–H and O–H groups in total. The average molecular weight is 1980 g/mol. The van der Waals surface area contributed by atoms with Crippen LogP contribution in [0.1, 0.15) is 191 Å². The number of unbranched alkanes of at least 4 members (excludes halogenated alkanes) is 2. The Labute approximate surface area is 803 Å². The zero-order valence-electron chi connectivity index (χ0n) is 80.0. The number of aliphatic imine (C=N–C) groups is 1. The summed E-state index contributed by atoms with van der Waals surface area (Å²) in [4.78, 5) is 305. The van der Waals surface area contributed by atoms with Crippen LogP contribution in [0.5, 0.6) is 0 Å². The average Bonchev–Trinajstić information content (AvgIpc) is 1.81. The number of nitrogens with one attached hydrogen (secondary N) is 16. The molecule has 0 unspecified atom stereocenters. The molecule has 2 aliphatic rings. The van der Waals surface area contributed by atoms with Crippen molar-refractivity contribution < 1.29 is 131 Å². The first-order chi connectivity index (χ1) is 64.7. The standard InChI is InChI=1S/C84H146N26O27S/c1-40(2)35-53(102-76(129)57-23-18-33-110(57)82(135)54(36-59(89)115)103-69(122)48(19-12-14-29-85)97-60(116)37-93-67(120)47(87)28-34-138-11)68(121)94-38-61(117)105-63(41(3)4)78(131)100-50(21-16-31-92-84(90)91)70(123)98-49(20-13-15-30-86)71(124)107-65(45(9)112)79(132)101-52(25-27-62(118)119)73(126)108-66(46(10)113)80(133)104-55(39-111)74(127)99-51(24-26-58(88)114)72(125)106-64(42(5)6)77(130)95-43(7)81(134)109-32-17-22-56(109)75(128)96-44(8)83(136)137/h40-57,63-66,111-113H,12-39,85-87H2,1-11H3,(H2,88,114)(H2,89,115)(H,93,120)(H,94,121)(H,95,130)(H,96,128)(H,97,116)(H,98,123)(H,99,127)(H,100,131)(H,101,132)(H,102,129)(H,103,122)(H,104,133)(H,105,117)(H,106,125)(H,107,124)(H,108,126)(H,118,119)(H,136,137)(H4,90,91,92)/t43-,44-,45+,46+,47-,48-,49-,50-,51-,52-,53-,54-,55-,56-,57-,63-,64-,65-,66-/m0/s1. The van der Waals surface area contributed by atoms with Gasteiger partial charge in [-0.05, 0) is 173 Å². The zero-order chi connectivity index (χ0) is 105. The van der Waals surface area contributed by atoms with E-state index in [0.29, 0.717) is 31.4 Å². The molecule has 0 aromatic heterocycles. The number of hydrogen-bond donors (Lipinski definition) is 28. The molecule has 0 bridgehead atoms. The van der Waals surface area contributed by atoms with Crippen LogP contribution in [-0.2, 0) is 105 Å². The first-order valence-electron chi connectivity index (χ1n) is 45.8. The number of carbonyl (C=O) groups excluding carboxylic acids is 20. The minimum Gasteiger partial charge on any atom is -0.481 e. The zero-order valence-corrected chi connectivity index (χ0v) is 80.8. The van der Waals surface area contributed by atoms with Crippen molar-refractivity contribution in [2.24, 2.45) is 62.9 Å². The van der Waals surface area contributed by atoms with Crippen LogP contribution < -0.4 is 125 Å². The Balaban J connectivity index is 2.41. The number of amides is 20. The van der Waals surface area contributed by atoms with Crippen molar-refractivity contribution in [1.29, 1.82) is 0 Å². The molecule has 2 aliphatic heterocycles. The largest absolute Gasteiger partial charge is 0.481 e. The molecule has 2 rings (SSSR count). The molecular weight excluding hydrogens is 1840 g/mol. The summed E-state index contributed by atoms with van der Waals surface area (Å²) in [7, 11) is 0. The molecule has 0 aromatic rings. The van der Waals surface area contributed by atoms with Gasteiger partial charge in [0.05, 0.1) is 44.4 Å². The number of guanidine groups is 1. The quantitative estimate of drug-likeness (QED) is 0.0153. The lowest BCUT2D eigenvalue weighted by atomic mass is 10.0. The first-order valence-corrected chi connectivity index (χ1v) is 47.2. The predicted molar refractivity (Wildman–Crippen MR) is 497 cm³/mol. The summed E-state index contributed by atoms with van der Waals surface area (Å²) in [5.41, 5.74) is 39.5. The Morgan fingerprint density at radius 1 is 0.406 bits per heavy atom. The van der Waals surface area contributed by atoms with E-state index in [9.17, 15) is 131 Å². The highest BCUT2D eigenvalue weighted by Gasteiger charge is 2.44. The minimum atomic E-state index is -2.14.